The van der Waals surface area contributed by atoms with Crippen molar-refractivity contribution in [1.29, 1.82) is 5.26 Å². The number of nitriles is 1. The molecular weight excluding hydrogens is 506 g/mol. The Morgan fingerprint density at radius 2 is 1.89 bits per heavy atom. The van der Waals surface area contributed by atoms with Gasteiger partial charge in [0.2, 0.25) is 0 Å². The molecule has 0 bridgehead atoms. The van der Waals surface area contributed by atoms with Crippen molar-refractivity contribution in [3.05, 3.63) is 113 Å². The number of ether oxygens (including phenoxy) is 1. The molecule has 0 aliphatic rings. The van der Waals surface area contributed by atoms with Gasteiger partial charge in [-0.3, -0.25) is 4.79 Å². The molecule has 0 unspecified atom stereocenters. The average molecular weight is 529 g/mol. The zero-order valence-corrected chi connectivity index (χ0v) is 21.1. The molecule has 0 radical (unpaired) electrons. The number of aromatic nitrogens is 1. The highest BCUT2D eigenvalue weighted by Gasteiger charge is 2.19. The fourth-order valence-electron chi connectivity index (χ4n) is 3.80. The lowest BCUT2D eigenvalue weighted by Gasteiger charge is -2.13. The number of benzene rings is 3. The van der Waals surface area contributed by atoms with Gasteiger partial charge >= 0.3 is 0 Å². The van der Waals surface area contributed by atoms with Gasteiger partial charge in [0.25, 0.3) is 6.43 Å². The Morgan fingerprint density at radius 1 is 1.11 bits per heavy atom. The normalized spacial score (nSPS) is 11.0. The molecule has 0 fully saturated rings. The summed E-state index contributed by atoms with van der Waals surface area (Å²) >= 11 is 1.16. The van der Waals surface area contributed by atoms with Crippen LogP contribution in [0.2, 0.25) is 0 Å². The first-order valence-electron chi connectivity index (χ1n) is 11.5. The highest BCUT2D eigenvalue weighted by Crippen LogP contribution is 2.36. The third-order valence-electron chi connectivity index (χ3n) is 5.65. The Bertz CT molecular complexity index is 1530. The first-order valence-corrected chi connectivity index (χ1v) is 12.5. The number of ketones is 1. The number of phenolic OH excluding ortho intramolecular Hbond substituents is 1. The molecule has 0 amide bonds. The number of phenols is 1. The highest BCUT2D eigenvalue weighted by molar-refractivity contribution is 7.98. The van der Waals surface area contributed by atoms with Gasteiger partial charge in [0, 0.05) is 22.4 Å². The van der Waals surface area contributed by atoms with Gasteiger partial charge in [0.1, 0.15) is 28.3 Å². The molecule has 8 heteroatoms. The molecule has 1 aromatic heterocycles. The first-order chi connectivity index (χ1) is 18.4. The molecule has 0 spiro atoms. The number of alkyl halides is 2. The van der Waals surface area contributed by atoms with Gasteiger partial charge in [-0.25, -0.2) is 13.8 Å². The van der Waals surface area contributed by atoms with Gasteiger partial charge in [-0.1, -0.05) is 54.6 Å². The second-order valence-electron chi connectivity index (χ2n) is 8.16. The van der Waals surface area contributed by atoms with E-state index in [0.29, 0.717) is 22.4 Å². The summed E-state index contributed by atoms with van der Waals surface area (Å²) in [4.78, 5) is 16.6. The molecule has 0 atom stereocenters. The summed E-state index contributed by atoms with van der Waals surface area (Å²) in [6, 6.07) is 23.7. The SMILES string of the molecule is COc1ccc(/C=C/C(=O)c2cccc(O)c2)cc1CSc1nc(C(F)F)cc(-c2ccccc2)c1C#N. The molecular formula is C30H22F2N2O3S. The van der Waals surface area contributed by atoms with Crippen molar-refractivity contribution in [2.75, 3.05) is 7.11 Å². The maximum Gasteiger partial charge on any atom is 0.280 e. The maximum absolute atomic E-state index is 13.7. The molecule has 4 aromatic rings. The van der Waals surface area contributed by atoms with E-state index in [1.807, 2.05) is 12.1 Å². The molecule has 1 heterocycles. The van der Waals surface area contributed by atoms with Crippen LogP contribution in [0.4, 0.5) is 8.78 Å². The number of pyridine rings is 1. The molecule has 0 saturated carbocycles. The maximum atomic E-state index is 13.7. The van der Waals surface area contributed by atoms with Crippen molar-refractivity contribution in [2.45, 2.75) is 17.2 Å². The van der Waals surface area contributed by atoms with Gasteiger partial charge in [0.05, 0.1) is 12.7 Å². The third-order valence-corrected chi connectivity index (χ3v) is 6.68. The molecule has 0 saturated heterocycles. The fraction of sp³-hybridized carbons (Fsp3) is 0.100. The number of nitrogens with zero attached hydrogens (tertiary/aromatic N) is 2. The number of methoxy groups -OCH3 is 1. The largest absolute Gasteiger partial charge is 0.508 e. The quantitative estimate of drug-likeness (QED) is 0.138. The Balaban J connectivity index is 1.63. The number of halogens is 2. The second kappa shape index (κ2) is 12.2. The third kappa shape index (κ3) is 6.25. The lowest BCUT2D eigenvalue weighted by molar-refractivity contribution is 0.104. The van der Waals surface area contributed by atoms with E-state index in [4.69, 9.17) is 4.74 Å². The van der Waals surface area contributed by atoms with Crippen molar-refractivity contribution in [3.63, 3.8) is 0 Å². The summed E-state index contributed by atoms with van der Waals surface area (Å²) < 4.78 is 32.8. The van der Waals surface area contributed by atoms with Gasteiger partial charge in [-0.2, -0.15) is 5.26 Å². The number of allylic oxidation sites excluding steroid dienone is 1. The molecule has 5 nitrogen and oxygen atoms in total. The van der Waals surface area contributed by atoms with Crippen LogP contribution in [0.25, 0.3) is 17.2 Å². The molecule has 1 N–H and O–H groups in total. The van der Waals surface area contributed by atoms with E-state index in [9.17, 15) is 23.9 Å². The Labute approximate surface area is 223 Å². The number of hydrogen-bond acceptors (Lipinski definition) is 6. The van der Waals surface area contributed by atoms with Crippen LogP contribution in [-0.2, 0) is 5.75 Å². The van der Waals surface area contributed by atoms with Crippen molar-refractivity contribution < 1.29 is 23.4 Å². The van der Waals surface area contributed by atoms with Crippen LogP contribution in [0.5, 0.6) is 11.5 Å². The van der Waals surface area contributed by atoms with Crippen LogP contribution in [0.1, 0.15) is 39.2 Å². The average Bonchev–Trinajstić information content (AvgIpc) is 2.94. The Morgan fingerprint density at radius 3 is 2.58 bits per heavy atom. The number of hydrogen-bond donors (Lipinski definition) is 1. The lowest BCUT2D eigenvalue weighted by atomic mass is 10.0. The number of carbonyl (C=O) groups is 1. The zero-order chi connectivity index (χ0) is 27.1. The van der Waals surface area contributed by atoms with Crippen molar-refractivity contribution >= 4 is 23.6 Å². The van der Waals surface area contributed by atoms with E-state index >= 15 is 0 Å². The van der Waals surface area contributed by atoms with Crippen LogP contribution in [-0.4, -0.2) is 23.0 Å². The summed E-state index contributed by atoms with van der Waals surface area (Å²) in [6.45, 7) is 0. The van der Waals surface area contributed by atoms with E-state index in [0.717, 1.165) is 22.9 Å². The van der Waals surface area contributed by atoms with Crippen molar-refractivity contribution in [3.8, 4) is 28.7 Å². The molecule has 38 heavy (non-hydrogen) atoms. The summed E-state index contributed by atoms with van der Waals surface area (Å²) in [5.41, 5.74) is 2.67. The van der Waals surface area contributed by atoms with Crippen LogP contribution in [0.15, 0.2) is 90.0 Å². The second-order valence-corrected chi connectivity index (χ2v) is 9.13. The lowest BCUT2D eigenvalue weighted by Crippen LogP contribution is -1.99. The monoisotopic (exact) mass is 528 g/mol. The highest BCUT2D eigenvalue weighted by atomic mass is 32.2. The topological polar surface area (TPSA) is 83.2 Å². The molecule has 3 aromatic carbocycles. The summed E-state index contributed by atoms with van der Waals surface area (Å²) in [6.07, 6.45) is 0.252. The van der Waals surface area contributed by atoms with Crippen LogP contribution in [0, 0.1) is 11.3 Å². The number of thioether (sulfide) groups is 1. The number of carbonyl (C=O) groups excluding carboxylic acids is 1. The molecule has 4 rings (SSSR count). The van der Waals surface area contributed by atoms with E-state index in [-0.39, 0.29) is 27.9 Å². The smallest absolute Gasteiger partial charge is 0.280 e. The van der Waals surface area contributed by atoms with E-state index in [1.165, 1.54) is 31.4 Å². The van der Waals surface area contributed by atoms with Crippen molar-refractivity contribution in [2.24, 2.45) is 0 Å². The Kier molecular flexibility index (Phi) is 8.51. The zero-order valence-electron chi connectivity index (χ0n) is 20.3. The van der Waals surface area contributed by atoms with E-state index in [1.54, 1.807) is 54.6 Å². The minimum absolute atomic E-state index is 0.00434. The van der Waals surface area contributed by atoms with Crippen molar-refractivity contribution in [1.82, 2.24) is 4.98 Å². The van der Waals surface area contributed by atoms with Gasteiger partial charge in [0.15, 0.2) is 5.78 Å². The Hall–Kier alpha value is -4.48. The molecule has 0 aliphatic carbocycles. The van der Waals surface area contributed by atoms with E-state index in [2.05, 4.69) is 11.1 Å². The predicted molar refractivity (Wildman–Crippen MR) is 143 cm³/mol. The van der Waals surface area contributed by atoms with E-state index < -0.39 is 12.1 Å². The van der Waals surface area contributed by atoms with Gasteiger partial charge in [-0.05, 0) is 47.5 Å². The minimum Gasteiger partial charge on any atom is -0.508 e. The fourth-order valence-corrected chi connectivity index (χ4v) is 4.79. The van der Waals surface area contributed by atoms with Gasteiger partial charge < -0.3 is 9.84 Å². The van der Waals surface area contributed by atoms with Gasteiger partial charge in [-0.15, -0.1) is 11.8 Å². The number of rotatable bonds is 9. The van der Waals surface area contributed by atoms with Crippen LogP contribution < -0.4 is 4.74 Å². The summed E-state index contributed by atoms with van der Waals surface area (Å²) in [5.74, 6) is 0.590. The standard InChI is InChI=1S/C30H22F2N2O3S/c1-37-28-13-11-19(10-12-27(36)21-8-5-9-23(35)15-21)14-22(28)18-38-30-25(17-33)24(16-26(34-30)29(31)32)20-6-3-2-4-7-20/h2-16,29,35H,18H2,1H3/b12-10+. The number of aromatic hydroxyl groups is 1. The van der Waals surface area contributed by atoms with Crippen LogP contribution >= 0.6 is 11.8 Å². The minimum atomic E-state index is -2.79. The van der Waals surface area contributed by atoms with Crippen LogP contribution in [0.3, 0.4) is 0 Å². The molecule has 190 valence electrons. The summed E-state index contributed by atoms with van der Waals surface area (Å²) in [5, 5.41) is 19.7. The first kappa shape index (κ1) is 26.6. The molecule has 0 aliphatic heterocycles. The summed E-state index contributed by atoms with van der Waals surface area (Å²) in [7, 11) is 1.52. The predicted octanol–water partition coefficient (Wildman–Crippen LogP) is 7.46.